The van der Waals surface area contributed by atoms with Crippen LogP contribution in [0.4, 0.5) is 0 Å². The molecule has 4 nitrogen and oxygen atoms in total. The number of fused-ring (bicyclic) bond motifs is 7. The lowest BCUT2D eigenvalue weighted by Gasteiger charge is -2.10. The largest absolute Gasteiger partial charge is 0.308 e. The predicted octanol–water partition coefficient (Wildman–Crippen LogP) is 13.8. The molecule has 4 heterocycles. The van der Waals surface area contributed by atoms with Crippen LogP contribution in [0.1, 0.15) is 0 Å². The maximum atomic E-state index is 5.20. The summed E-state index contributed by atoms with van der Waals surface area (Å²) in [7, 11) is 0. The first kappa shape index (κ1) is 31.2. The second kappa shape index (κ2) is 12.2. The normalized spacial score (nSPS) is 11.9. The number of hydrogen-bond acceptors (Lipinski definition) is 4. The molecule has 0 bridgehead atoms. The van der Waals surface area contributed by atoms with E-state index in [1.165, 1.54) is 58.1 Å². The van der Waals surface area contributed by atoms with Gasteiger partial charge in [0.25, 0.3) is 0 Å². The molecular weight excluding hydrogens is 701 g/mol. The van der Waals surface area contributed by atoms with E-state index in [1.54, 1.807) is 0 Å². The average molecular weight is 731 g/mol. The summed E-state index contributed by atoms with van der Waals surface area (Å²) in [6.45, 7) is 0. The van der Waals surface area contributed by atoms with Gasteiger partial charge in [0.15, 0.2) is 17.5 Å². The Balaban J connectivity index is 1.16. The topological polar surface area (TPSA) is 43.1 Å². The quantitative estimate of drug-likeness (QED) is 0.181. The molecule has 12 rings (SSSR count). The third kappa shape index (κ3) is 4.68. The molecule has 8 aromatic carbocycles. The van der Waals surface area contributed by atoms with Crippen LogP contribution in [0, 0.1) is 0 Å². The van der Waals surface area contributed by atoms with E-state index in [1.807, 2.05) is 35.6 Å². The van der Waals surface area contributed by atoms with E-state index in [4.69, 9.17) is 15.0 Å². The van der Waals surface area contributed by atoms with Gasteiger partial charge in [0.05, 0.1) is 16.6 Å². The molecule has 0 unspecified atom stereocenters. The van der Waals surface area contributed by atoms with Gasteiger partial charge >= 0.3 is 0 Å². The number of thiophene rings is 1. The van der Waals surface area contributed by atoms with Gasteiger partial charge in [-0.25, -0.2) is 15.0 Å². The molecule has 56 heavy (non-hydrogen) atoms. The van der Waals surface area contributed by atoms with Crippen molar-refractivity contribution in [3.8, 4) is 45.3 Å². The zero-order valence-electron chi connectivity index (χ0n) is 30.0. The summed E-state index contributed by atoms with van der Waals surface area (Å²) in [5, 5.41) is 9.97. The van der Waals surface area contributed by atoms with Gasteiger partial charge in [-0.05, 0) is 64.4 Å². The summed E-state index contributed by atoms with van der Waals surface area (Å²) in [4.78, 5) is 15.4. The van der Waals surface area contributed by atoms with Crippen LogP contribution in [-0.4, -0.2) is 19.4 Å². The van der Waals surface area contributed by atoms with Crippen molar-refractivity contribution in [2.75, 3.05) is 0 Å². The van der Waals surface area contributed by atoms with Crippen LogP contribution >= 0.6 is 11.3 Å². The van der Waals surface area contributed by atoms with Gasteiger partial charge in [-0.15, -0.1) is 11.3 Å². The van der Waals surface area contributed by atoms with Gasteiger partial charge in [-0.1, -0.05) is 140 Å². The second-order valence-electron chi connectivity index (χ2n) is 14.4. The third-order valence-electron chi connectivity index (χ3n) is 11.2. The Morgan fingerprint density at radius 1 is 0.321 bits per heavy atom. The number of para-hydroxylation sites is 2. The Morgan fingerprint density at radius 2 is 0.804 bits per heavy atom. The summed E-state index contributed by atoms with van der Waals surface area (Å²) in [6, 6.07) is 65.0. The Labute approximate surface area is 325 Å². The molecule has 0 fully saturated rings. The molecule has 0 radical (unpaired) electrons. The lowest BCUT2D eigenvalue weighted by Crippen LogP contribution is -2.00. The van der Waals surface area contributed by atoms with Crippen molar-refractivity contribution in [3.63, 3.8) is 0 Å². The SMILES string of the molecule is c1ccc(-c2cccc(-c3nc(-c4ccccc4)nc(-c4ccc5c(c4)c4cccc6c7cccc8sc9cccc(c%10ccccc%10n5c64)c9c87)n3)c2)cc1. The van der Waals surface area contributed by atoms with Crippen molar-refractivity contribution in [2.24, 2.45) is 0 Å². The molecule has 4 aromatic heterocycles. The van der Waals surface area contributed by atoms with E-state index in [-0.39, 0.29) is 0 Å². The third-order valence-corrected chi connectivity index (χ3v) is 12.3. The molecule has 0 saturated heterocycles. The standard InChI is InChI=1S/C51H30N4S/c1-3-13-31(14-4-1)33-17-9-18-34(29-33)50-52-49(32-15-5-2-6-16-32)53-51(54-50)35-27-28-43-41(30-35)40-23-10-22-39-38-21-12-26-45-47(38)46-37(20-11-25-44(46)56-45)36-19-7-8-24-42(36)55(43)48(39)40/h1-30H. The number of benzene rings is 8. The minimum Gasteiger partial charge on any atom is -0.308 e. The molecular formula is C51H30N4S. The molecule has 0 aliphatic heterocycles. The molecule has 0 saturated carbocycles. The van der Waals surface area contributed by atoms with Crippen LogP contribution in [0.2, 0.25) is 0 Å². The Bertz CT molecular complexity index is 3530. The van der Waals surface area contributed by atoms with Crippen LogP contribution in [0.15, 0.2) is 182 Å². The van der Waals surface area contributed by atoms with Crippen LogP contribution < -0.4 is 0 Å². The van der Waals surface area contributed by atoms with E-state index >= 15 is 0 Å². The molecule has 260 valence electrons. The van der Waals surface area contributed by atoms with Gasteiger partial charge in [-0.3, -0.25) is 0 Å². The molecule has 12 aromatic rings. The van der Waals surface area contributed by atoms with Crippen molar-refractivity contribution in [2.45, 2.75) is 0 Å². The number of aromatic nitrogens is 4. The molecule has 0 atom stereocenters. The highest BCUT2D eigenvalue weighted by Gasteiger charge is 2.19. The van der Waals surface area contributed by atoms with Crippen molar-refractivity contribution in [1.29, 1.82) is 0 Å². The minimum atomic E-state index is 0.638. The fourth-order valence-corrected chi connectivity index (χ4v) is 9.86. The van der Waals surface area contributed by atoms with Gasteiger partial charge in [0, 0.05) is 58.4 Å². The summed E-state index contributed by atoms with van der Waals surface area (Å²) >= 11 is 1.88. The zero-order valence-corrected chi connectivity index (χ0v) is 30.8. The number of hydrogen-bond donors (Lipinski definition) is 0. The van der Waals surface area contributed by atoms with Crippen molar-refractivity contribution < 1.29 is 0 Å². The highest BCUT2D eigenvalue weighted by molar-refractivity contribution is 7.26. The van der Waals surface area contributed by atoms with Crippen molar-refractivity contribution in [3.05, 3.63) is 182 Å². The highest BCUT2D eigenvalue weighted by atomic mass is 32.1. The van der Waals surface area contributed by atoms with Crippen LogP contribution in [-0.2, 0) is 0 Å². The van der Waals surface area contributed by atoms with Gasteiger partial charge < -0.3 is 4.40 Å². The summed E-state index contributed by atoms with van der Waals surface area (Å²) in [6.07, 6.45) is 0. The monoisotopic (exact) mass is 730 g/mol. The van der Waals surface area contributed by atoms with Crippen LogP contribution in [0.5, 0.6) is 0 Å². The van der Waals surface area contributed by atoms with Crippen LogP contribution in [0.25, 0.3) is 114 Å². The summed E-state index contributed by atoms with van der Waals surface area (Å²) in [5.41, 5.74) is 8.60. The van der Waals surface area contributed by atoms with Gasteiger partial charge in [-0.2, -0.15) is 0 Å². The summed E-state index contributed by atoms with van der Waals surface area (Å²) in [5.74, 6) is 1.92. The van der Waals surface area contributed by atoms with Crippen LogP contribution in [0.3, 0.4) is 0 Å². The number of rotatable bonds is 4. The Hall–Kier alpha value is -7.21. The fraction of sp³-hybridized carbons (Fsp3) is 0. The average Bonchev–Trinajstić information content (AvgIpc) is 3.83. The summed E-state index contributed by atoms with van der Waals surface area (Å²) < 4.78 is 5.10. The number of nitrogens with zero attached hydrogens (tertiary/aromatic N) is 4. The predicted molar refractivity (Wildman–Crippen MR) is 235 cm³/mol. The lowest BCUT2D eigenvalue weighted by molar-refractivity contribution is 1.07. The van der Waals surface area contributed by atoms with Crippen molar-refractivity contribution >= 4 is 80.4 Å². The van der Waals surface area contributed by atoms with E-state index in [0.29, 0.717) is 17.5 Å². The maximum Gasteiger partial charge on any atom is 0.164 e. The first-order valence-corrected chi connectivity index (χ1v) is 19.7. The van der Waals surface area contributed by atoms with E-state index in [2.05, 4.69) is 162 Å². The molecule has 0 spiro atoms. The second-order valence-corrected chi connectivity index (χ2v) is 15.4. The lowest BCUT2D eigenvalue weighted by atomic mass is 10.0. The minimum absolute atomic E-state index is 0.638. The molecule has 0 aliphatic carbocycles. The maximum absolute atomic E-state index is 5.20. The fourth-order valence-electron chi connectivity index (χ4n) is 8.71. The molecule has 0 amide bonds. The first-order valence-electron chi connectivity index (χ1n) is 18.9. The van der Waals surface area contributed by atoms with E-state index < -0.39 is 0 Å². The van der Waals surface area contributed by atoms with Gasteiger partial charge in [0.2, 0.25) is 0 Å². The molecule has 0 aliphatic rings. The highest BCUT2D eigenvalue weighted by Crippen LogP contribution is 2.45. The van der Waals surface area contributed by atoms with Gasteiger partial charge in [0.1, 0.15) is 0 Å². The first-order chi connectivity index (χ1) is 27.8. The van der Waals surface area contributed by atoms with E-state index in [9.17, 15) is 0 Å². The Kier molecular flexibility index (Phi) is 6.76. The molecule has 0 N–H and O–H groups in total. The van der Waals surface area contributed by atoms with E-state index in [0.717, 1.165) is 38.7 Å². The zero-order chi connectivity index (χ0) is 36.7. The molecule has 5 heteroatoms. The van der Waals surface area contributed by atoms with Crippen molar-refractivity contribution in [1.82, 2.24) is 19.4 Å². The Morgan fingerprint density at radius 3 is 1.54 bits per heavy atom. The smallest absolute Gasteiger partial charge is 0.164 e.